The summed E-state index contributed by atoms with van der Waals surface area (Å²) in [5, 5.41) is 0. The molecule has 1 aromatic carbocycles. The first-order valence-corrected chi connectivity index (χ1v) is 8.03. The third-order valence-electron chi connectivity index (χ3n) is 3.80. The predicted octanol–water partition coefficient (Wildman–Crippen LogP) is 4.26. The maximum absolute atomic E-state index is 2.57. The minimum absolute atomic E-state index is 1.11. The van der Waals surface area contributed by atoms with Crippen LogP contribution in [0.2, 0.25) is 0 Å². The van der Waals surface area contributed by atoms with Crippen molar-refractivity contribution in [1.82, 2.24) is 4.90 Å². The number of hydrogen-bond acceptors (Lipinski definition) is 2. The summed E-state index contributed by atoms with van der Waals surface area (Å²) in [7, 11) is 0. The molecule has 0 aliphatic carbocycles. The smallest absolute Gasteiger partial charge is 0.0331 e. The molecule has 0 amide bonds. The lowest BCUT2D eigenvalue weighted by atomic mass is 10.00. The van der Waals surface area contributed by atoms with E-state index in [0.29, 0.717) is 0 Å². The van der Waals surface area contributed by atoms with Gasteiger partial charge in [-0.25, -0.2) is 0 Å². The van der Waals surface area contributed by atoms with Crippen LogP contribution in [-0.2, 0) is 25.9 Å². The van der Waals surface area contributed by atoms with E-state index in [0.717, 1.165) is 13.1 Å². The van der Waals surface area contributed by atoms with Gasteiger partial charge in [-0.1, -0.05) is 37.6 Å². The Morgan fingerprint density at radius 2 is 1.84 bits per heavy atom. The van der Waals surface area contributed by atoms with Crippen LogP contribution in [0.1, 0.15) is 34.2 Å². The zero-order valence-electron chi connectivity index (χ0n) is 11.6. The van der Waals surface area contributed by atoms with Crippen molar-refractivity contribution in [3.63, 3.8) is 0 Å². The van der Waals surface area contributed by atoms with E-state index in [2.05, 4.69) is 48.2 Å². The molecular formula is C17H21NS. The molecule has 3 rings (SSSR count). The number of aryl methyl sites for hydroxylation is 1. The van der Waals surface area contributed by atoms with Crippen molar-refractivity contribution >= 4 is 11.3 Å². The van der Waals surface area contributed by atoms with E-state index < -0.39 is 0 Å². The second kappa shape index (κ2) is 5.89. The van der Waals surface area contributed by atoms with Crippen LogP contribution in [0.15, 0.2) is 36.4 Å². The van der Waals surface area contributed by atoms with E-state index in [4.69, 9.17) is 0 Å². The zero-order valence-corrected chi connectivity index (χ0v) is 12.4. The second-order valence-corrected chi connectivity index (χ2v) is 6.60. The van der Waals surface area contributed by atoms with Gasteiger partial charge in [0, 0.05) is 29.4 Å². The first kappa shape index (κ1) is 12.9. The third kappa shape index (κ3) is 3.07. The Kier molecular flexibility index (Phi) is 4.00. The van der Waals surface area contributed by atoms with E-state index in [1.807, 2.05) is 11.3 Å². The van der Waals surface area contributed by atoms with Gasteiger partial charge >= 0.3 is 0 Å². The van der Waals surface area contributed by atoms with Gasteiger partial charge in [-0.05, 0) is 36.1 Å². The Balaban J connectivity index is 1.65. The molecule has 1 nitrogen and oxygen atoms in total. The molecule has 0 saturated carbocycles. The normalized spacial score (nSPS) is 15.4. The van der Waals surface area contributed by atoms with Crippen molar-refractivity contribution in [1.29, 1.82) is 0 Å². The summed E-state index contributed by atoms with van der Waals surface area (Å²) in [5.41, 5.74) is 3.05. The first-order valence-electron chi connectivity index (χ1n) is 7.22. The summed E-state index contributed by atoms with van der Waals surface area (Å²) in [5.74, 6) is 0. The lowest BCUT2D eigenvalue weighted by Crippen LogP contribution is -2.29. The highest BCUT2D eigenvalue weighted by Crippen LogP contribution is 2.24. The van der Waals surface area contributed by atoms with E-state index in [1.54, 1.807) is 0 Å². The fourth-order valence-corrected chi connectivity index (χ4v) is 3.96. The monoisotopic (exact) mass is 271 g/mol. The summed E-state index contributed by atoms with van der Waals surface area (Å²) >= 11 is 1.99. The van der Waals surface area contributed by atoms with Crippen molar-refractivity contribution in [3.05, 3.63) is 57.3 Å². The Bertz CT molecular complexity index is 544. The maximum atomic E-state index is 2.57. The van der Waals surface area contributed by atoms with Crippen molar-refractivity contribution in [3.8, 4) is 0 Å². The van der Waals surface area contributed by atoms with Gasteiger partial charge < -0.3 is 0 Å². The summed E-state index contributed by atoms with van der Waals surface area (Å²) < 4.78 is 0. The molecule has 0 fully saturated rings. The average molecular weight is 271 g/mol. The molecule has 0 atom stereocenters. The predicted molar refractivity (Wildman–Crippen MR) is 82.6 cm³/mol. The number of rotatable bonds is 4. The quantitative estimate of drug-likeness (QED) is 0.803. The maximum Gasteiger partial charge on any atom is 0.0331 e. The molecule has 0 radical (unpaired) electrons. The molecular weight excluding hydrogens is 250 g/mol. The second-order valence-electron chi connectivity index (χ2n) is 5.35. The highest BCUT2D eigenvalue weighted by atomic mass is 32.1. The molecule has 1 aliphatic rings. The minimum atomic E-state index is 1.11. The van der Waals surface area contributed by atoms with Gasteiger partial charge in [-0.15, -0.1) is 11.3 Å². The van der Waals surface area contributed by atoms with Gasteiger partial charge in [-0.3, -0.25) is 4.90 Å². The molecule has 1 aliphatic heterocycles. The molecule has 2 aromatic rings. The van der Waals surface area contributed by atoms with Gasteiger partial charge in [0.1, 0.15) is 0 Å². The van der Waals surface area contributed by atoms with Gasteiger partial charge in [0.2, 0.25) is 0 Å². The van der Waals surface area contributed by atoms with Crippen LogP contribution in [0.3, 0.4) is 0 Å². The Morgan fingerprint density at radius 1 is 1.05 bits per heavy atom. The molecule has 0 spiro atoms. The molecule has 0 bridgehead atoms. The lowest BCUT2D eigenvalue weighted by Gasteiger charge is -2.28. The largest absolute Gasteiger partial charge is 0.294 e. The Hall–Kier alpha value is -1.12. The molecule has 100 valence electrons. The molecule has 1 aromatic heterocycles. The zero-order chi connectivity index (χ0) is 13.1. The number of nitrogens with zero attached hydrogens (tertiary/aromatic N) is 1. The van der Waals surface area contributed by atoms with Gasteiger partial charge in [0.15, 0.2) is 0 Å². The van der Waals surface area contributed by atoms with Crippen molar-refractivity contribution in [2.24, 2.45) is 0 Å². The number of thiophene rings is 1. The Labute approximate surface area is 119 Å². The van der Waals surface area contributed by atoms with Crippen LogP contribution < -0.4 is 0 Å². The van der Waals surface area contributed by atoms with Crippen LogP contribution in [0.25, 0.3) is 0 Å². The van der Waals surface area contributed by atoms with Gasteiger partial charge in [0.25, 0.3) is 0 Å². The Morgan fingerprint density at radius 3 is 2.68 bits per heavy atom. The fraction of sp³-hybridized carbons (Fsp3) is 0.412. The molecule has 19 heavy (non-hydrogen) atoms. The summed E-state index contributed by atoms with van der Waals surface area (Å²) in [6.45, 7) is 5.67. The first-order chi connectivity index (χ1) is 9.35. The van der Waals surface area contributed by atoms with E-state index in [1.165, 1.54) is 46.7 Å². The molecule has 2 heteroatoms. The van der Waals surface area contributed by atoms with Crippen molar-refractivity contribution < 1.29 is 0 Å². The standard InChI is InChI=1S/C17H21NS/c1-2-5-16-8-9-17(19-16)13-18-11-10-14-6-3-4-7-15(14)12-18/h3-4,6-9H,2,5,10-13H2,1H3. The number of fused-ring (bicyclic) bond motifs is 1. The van der Waals surface area contributed by atoms with Crippen molar-refractivity contribution in [2.75, 3.05) is 6.54 Å². The van der Waals surface area contributed by atoms with Crippen LogP contribution in [-0.4, -0.2) is 11.4 Å². The summed E-state index contributed by atoms with van der Waals surface area (Å²) in [4.78, 5) is 5.63. The summed E-state index contributed by atoms with van der Waals surface area (Å²) in [6.07, 6.45) is 3.67. The molecule has 0 N–H and O–H groups in total. The van der Waals surface area contributed by atoms with Crippen LogP contribution in [0.4, 0.5) is 0 Å². The van der Waals surface area contributed by atoms with Gasteiger partial charge in [0.05, 0.1) is 0 Å². The van der Waals surface area contributed by atoms with Crippen LogP contribution in [0.5, 0.6) is 0 Å². The van der Waals surface area contributed by atoms with Crippen LogP contribution in [0, 0.1) is 0 Å². The summed E-state index contributed by atoms with van der Waals surface area (Å²) in [6, 6.07) is 13.5. The average Bonchev–Trinajstić information content (AvgIpc) is 2.86. The molecule has 2 heterocycles. The molecule has 0 unspecified atom stereocenters. The highest BCUT2D eigenvalue weighted by Gasteiger charge is 2.16. The van der Waals surface area contributed by atoms with E-state index >= 15 is 0 Å². The van der Waals surface area contributed by atoms with Crippen LogP contribution >= 0.6 is 11.3 Å². The van der Waals surface area contributed by atoms with Crippen molar-refractivity contribution in [2.45, 2.75) is 39.3 Å². The van der Waals surface area contributed by atoms with Gasteiger partial charge in [-0.2, -0.15) is 0 Å². The highest BCUT2D eigenvalue weighted by molar-refractivity contribution is 7.11. The lowest BCUT2D eigenvalue weighted by molar-refractivity contribution is 0.248. The third-order valence-corrected chi connectivity index (χ3v) is 4.93. The SMILES string of the molecule is CCCc1ccc(CN2CCc3ccccc3C2)s1. The minimum Gasteiger partial charge on any atom is -0.294 e. The number of benzene rings is 1. The van der Waals surface area contributed by atoms with E-state index in [9.17, 15) is 0 Å². The topological polar surface area (TPSA) is 3.24 Å². The molecule has 0 saturated heterocycles. The number of hydrogen-bond donors (Lipinski definition) is 0. The van der Waals surface area contributed by atoms with E-state index in [-0.39, 0.29) is 0 Å². The fourth-order valence-electron chi connectivity index (χ4n) is 2.80.